The summed E-state index contributed by atoms with van der Waals surface area (Å²) in [5.41, 5.74) is 6.68. The summed E-state index contributed by atoms with van der Waals surface area (Å²) in [6.45, 7) is 1.95. The van der Waals surface area contributed by atoms with Crippen molar-refractivity contribution in [1.29, 1.82) is 0 Å². The van der Waals surface area contributed by atoms with Crippen molar-refractivity contribution >= 4 is 23.2 Å². The molecule has 0 aliphatic carbocycles. The Morgan fingerprint density at radius 3 is 2.79 bits per heavy atom. The highest BCUT2D eigenvalue weighted by molar-refractivity contribution is 6.42. The average Bonchev–Trinajstić information content (AvgIpc) is 2.79. The predicted molar refractivity (Wildman–Crippen MR) is 75.5 cm³/mol. The molecule has 1 unspecified atom stereocenters. The zero-order valence-corrected chi connectivity index (χ0v) is 12.1. The Morgan fingerprint density at radius 1 is 1.32 bits per heavy atom. The summed E-state index contributed by atoms with van der Waals surface area (Å²) in [7, 11) is 0. The molecule has 0 amide bonds. The van der Waals surface area contributed by atoms with Crippen LogP contribution in [-0.2, 0) is 12.8 Å². The van der Waals surface area contributed by atoms with E-state index in [-0.39, 0.29) is 6.04 Å². The maximum absolute atomic E-state index is 5.96. The van der Waals surface area contributed by atoms with Gasteiger partial charge in [-0.05, 0) is 31.0 Å². The molecule has 1 aromatic carbocycles. The summed E-state index contributed by atoms with van der Waals surface area (Å²) in [5, 5.41) is 5.00. The van der Waals surface area contributed by atoms with Crippen molar-refractivity contribution in [2.24, 2.45) is 5.73 Å². The SMILES string of the molecule is CC(N)CCc1nc(Cc2ccc(Cl)c(Cl)c2)no1. The standard InChI is InChI=1S/C13H15Cl2N3O/c1-8(16)2-5-13-17-12(18-19-13)7-9-3-4-10(14)11(15)6-9/h3-4,6,8H,2,5,7,16H2,1H3. The van der Waals surface area contributed by atoms with Crippen molar-refractivity contribution in [3.63, 3.8) is 0 Å². The topological polar surface area (TPSA) is 64.9 Å². The Bertz CT molecular complexity index is 555. The fourth-order valence-electron chi connectivity index (χ4n) is 1.65. The number of benzene rings is 1. The zero-order valence-electron chi connectivity index (χ0n) is 10.6. The van der Waals surface area contributed by atoms with E-state index >= 15 is 0 Å². The van der Waals surface area contributed by atoms with Gasteiger partial charge in [0.2, 0.25) is 5.89 Å². The van der Waals surface area contributed by atoms with Crippen LogP contribution in [-0.4, -0.2) is 16.2 Å². The van der Waals surface area contributed by atoms with E-state index in [1.807, 2.05) is 19.1 Å². The Hall–Kier alpha value is -1.10. The smallest absolute Gasteiger partial charge is 0.226 e. The van der Waals surface area contributed by atoms with Gasteiger partial charge in [0.25, 0.3) is 0 Å². The second-order valence-electron chi connectivity index (χ2n) is 4.55. The highest BCUT2D eigenvalue weighted by Crippen LogP contribution is 2.23. The molecule has 0 saturated carbocycles. The van der Waals surface area contributed by atoms with E-state index < -0.39 is 0 Å². The van der Waals surface area contributed by atoms with Crippen molar-refractivity contribution < 1.29 is 4.52 Å². The molecule has 6 heteroatoms. The first-order valence-electron chi connectivity index (χ1n) is 6.05. The maximum Gasteiger partial charge on any atom is 0.226 e. The minimum Gasteiger partial charge on any atom is -0.339 e. The zero-order chi connectivity index (χ0) is 13.8. The minimum absolute atomic E-state index is 0.130. The molecule has 0 radical (unpaired) electrons. The molecule has 2 N–H and O–H groups in total. The first kappa shape index (κ1) is 14.3. The summed E-state index contributed by atoms with van der Waals surface area (Å²) < 4.78 is 5.17. The number of aromatic nitrogens is 2. The number of hydrogen-bond acceptors (Lipinski definition) is 4. The predicted octanol–water partition coefficient (Wildman–Crippen LogP) is 3.25. The molecule has 2 rings (SSSR count). The molecule has 0 aliphatic heterocycles. The molecule has 19 heavy (non-hydrogen) atoms. The fourth-order valence-corrected chi connectivity index (χ4v) is 1.97. The lowest BCUT2D eigenvalue weighted by Gasteiger charge is -2.00. The van der Waals surface area contributed by atoms with Gasteiger partial charge in [-0.15, -0.1) is 0 Å². The molecule has 102 valence electrons. The molecular formula is C13H15Cl2N3O. The second kappa shape index (κ2) is 6.37. The van der Waals surface area contributed by atoms with Gasteiger partial charge in [-0.1, -0.05) is 34.4 Å². The molecule has 1 heterocycles. The van der Waals surface area contributed by atoms with Gasteiger partial charge in [0.15, 0.2) is 5.82 Å². The van der Waals surface area contributed by atoms with Crippen LogP contribution in [0.15, 0.2) is 22.7 Å². The van der Waals surface area contributed by atoms with Gasteiger partial charge in [-0.25, -0.2) is 0 Å². The molecule has 1 atom stereocenters. The van der Waals surface area contributed by atoms with Gasteiger partial charge >= 0.3 is 0 Å². The third-order valence-electron chi connectivity index (χ3n) is 2.67. The van der Waals surface area contributed by atoms with Crippen LogP contribution < -0.4 is 5.73 Å². The third-order valence-corrected chi connectivity index (χ3v) is 3.41. The van der Waals surface area contributed by atoms with Crippen LogP contribution in [0.4, 0.5) is 0 Å². The Balaban J connectivity index is 2.01. The lowest BCUT2D eigenvalue weighted by Crippen LogP contribution is -2.15. The first-order valence-corrected chi connectivity index (χ1v) is 6.81. The molecule has 0 fully saturated rings. The van der Waals surface area contributed by atoms with Crippen molar-refractivity contribution in [3.8, 4) is 0 Å². The van der Waals surface area contributed by atoms with Crippen LogP contribution in [0.1, 0.15) is 30.6 Å². The van der Waals surface area contributed by atoms with E-state index in [0.717, 1.165) is 12.0 Å². The molecule has 2 aromatic rings. The molecule has 0 spiro atoms. The van der Waals surface area contributed by atoms with Crippen molar-refractivity contribution in [2.45, 2.75) is 32.2 Å². The normalized spacial score (nSPS) is 12.6. The maximum atomic E-state index is 5.96. The van der Waals surface area contributed by atoms with Gasteiger partial charge in [0.05, 0.1) is 10.0 Å². The van der Waals surface area contributed by atoms with E-state index in [1.54, 1.807) is 6.07 Å². The number of halogens is 2. The molecule has 0 saturated heterocycles. The van der Waals surface area contributed by atoms with Crippen molar-refractivity contribution in [1.82, 2.24) is 10.1 Å². The quantitative estimate of drug-likeness (QED) is 0.920. The highest BCUT2D eigenvalue weighted by Gasteiger charge is 2.09. The van der Waals surface area contributed by atoms with E-state index in [9.17, 15) is 0 Å². The Morgan fingerprint density at radius 2 is 2.11 bits per heavy atom. The van der Waals surface area contributed by atoms with Gasteiger partial charge in [0, 0.05) is 18.9 Å². The van der Waals surface area contributed by atoms with Crippen LogP contribution in [0.2, 0.25) is 10.0 Å². The molecule has 1 aromatic heterocycles. The van der Waals surface area contributed by atoms with E-state index in [2.05, 4.69) is 10.1 Å². The number of aryl methyl sites for hydroxylation is 1. The van der Waals surface area contributed by atoms with E-state index in [1.165, 1.54) is 0 Å². The fraction of sp³-hybridized carbons (Fsp3) is 0.385. The molecule has 4 nitrogen and oxygen atoms in total. The van der Waals surface area contributed by atoms with Gasteiger partial charge in [-0.3, -0.25) is 0 Å². The van der Waals surface area contributed by atoms with Crippen LogP contribution >= 0.6 is 23.2 Å². The summed E-state index contributed by atoms with van der Waals surface area (Å²) in [4.78, 5) is 4.32. The second-order valence-corrected chi connectivity index (χ2v) is 5.36. The highest BCUT2D eigenvalue weighted by atomic mass is 35.5. The number of hydrogen-bond donors (Lipinski definition) is 1. The van der Waals surface area contributed by atoms with Crippen molar-refractivity contribution in [2.75, 3.05) is 0 Å². The summed E-state index contributed by atoms with van der Waals surface area (Å²) in [5.74, 6) is 1.26. The summed E-state index contributed by atoms with van der Waals surface area (Å²) in [6, 6.07) is 5.59. The van der Waals surface area contributed by atoms with Crippen LogP contribution in [0.25, 0.3) is 0 Å². The van der Waals surface area contributed by atoms with E-state index in [0.29, 0.717) is 34.6 Å². The van der Waals surface area contributed by atoms with Crippen LogP contribution in [0, 0.1) is 0 Å². The largest absolute Gasteiger partial charge is 0.339 e. The summed E-state index contributed by atoms with van der Waals surface area (Å²) >= 11 is 11.8. The van der Waals surface area contributed by atoms with Gasteiger partial charge < -0.3 is 10.3 Å². The summed E-state index contributed by atoms with van der Waals surface area (Å²) in [6.07, 6.45) is 2.10. The van der Waals surface area contributed by atoms with E-state index in [4.69, 9.17) is 33.5 Å². The number of nitrogens with zero attached hydrogens (tertiary/aromatic N) is 2. The first-order chi connectivity index (χ1) is 9.04. The number of nitrogens with two attached hydrogens (primary N) is 1. The Kier molecular flexibility index (Phi) is 4.80. The number of rotatable bonds is 5. The van der Waals surface area contributed by atoms with Gasteiger partial charge in [-0.2, -0.15) is 4.98 Å². The Labute approximate surface area is 121 Å². The minimum atomic E-state index is 0.130. The lowest BCUT2D eigenvalue weighted by atomic mass is 10.1. The monoisotopic (exact) mass is 299 g/mol. The molecule has 0 bridgehead atoms. The van der Waals surface area contributed by atoms with Crippen LogP contribution in [0.5, 0.6) is 0 Å². The molecule has 0 aliphatic rings. The van der Waals surface area contributed by atoms with Crippen LogP contribution in [0.3, 0.4) is 0 Å². The molecular weight excluding hydrogens is 285 g/mol. The van der Waals surface area contributed by atoms with Gasteiger partial charge in [0.1, 0.15) is 0 Å². The van der Waals surface area contributed by atoms with Crippen molar-refractivity contribution in [3.05, 3.63) is 45.5 Å². The average molecular weight is 300 g/mol. The lowest BCUT2D eigenvalue weighted by molar-refractivity contribution is 0.368. The third kappa shape index (κ3) is 4.20.